The van der Waals surface area contributed by atoms with Gasteiger partial charge in [0.05, 0.1) is 30.1 Å². The SMILES string of the molecule is COC(=O)c1c(C)[nH]c(C(=O)[C@H](C)OC(=O)c2cnn(C)c2)c1C. The van der Waals surface area contributed by atoms with Gasteiger partial charge in [0.2, 0.25) is 5.78 Å². The summed E-state index contributed by atoms with van der Waals surface area (Å²) in [5.74, 6) is -1.60. The van der Waals surface area contributed by atoms with Crippen LogP contribution in [0.5, 0.6) is 0 Å². The number of aryl methyl sites for hydroxylation is 2. The van der Waals surface area contributed by atoms with Gasteiger partial charge in [0.1, 0.15) is 0 Å². The number of hydrogen-bond donors (Lipinski definition) is 1. The molecule has 24 heavy (non-hydrogen) atoms. The minimum absolute atomic E-state index is 0.222. The molecule has 0 aliphatic heterocycles. The number of aromatic nitrogens is 3. The third-order valence-corrected chi connectivity index (χ3v) is 3.67. The predicted molar refractivity (Wildman–Crippen MR) is 84.0 cm³/mol. The maximum absolute atomic E-state index is 12.5. The number of ether oxygens (including phenoxy) is 2. The number of carbonyl (C=O) groups is 3. The number of ketones is 1. The first-order valence-corrected chi connectivity index (χ1v) is 7.27. The first-order valence-electron chi connectivity index (χ1n) is 7.27. The Morgan fingerprint density at radius 3 is 2.46 bits per heavy atom. The van der Waals surface area contributed by atoms with E-state index in [1.54, 1.807) is 20.9 Å². The molecule has 0 aliphatic carbocycles. The Labute approximate surface area is 138 Å². The van der Waals surface area contributed by atoms with Gasteiger partial charge in [0.25, 0.3) is 0 Å². The standard InChI is InChI=1S/C16H19N3O5/c1-8-12(16(22)23-5)9(2)18-13(8)14(20)10(3)24-15(21)11-6-17-19(4)7-11/h6-7,10,18H,1-5H3/t10-/m0/s1. The predicted octanol–water partition coefficient (Wildman–Crippen LogP) is 1.58. The van der Waals surface area contributed by atoms with E-state index in [9.17, 15) is 14.4 Å². The summed E-state index contributed by atoms with van der Waals surface area (Å²) in [5.41, 5.74) is 1.78. The van der Waals surface area contributed by atoms with Crippen LogP contribution in [-0.4, -0.2) is 45.7 Å². The molecule has 0 saturated carbocycles. The summed E-state index contributed by atoms with van der Waals surface area (Å²) in [7, 11) is 2.94. The van der Waals surface area contributed by atoms with Crippen molar-refractivity contribution in [3.63, 3.8) is 0 Å². The van der Waals surface area contributed by atoms with E-state index in [2.05, 4.69) is 10.1 Å². The van der Waals surface area contributed by atoms with Crippen LogP contribution in [-0.2, 0) is 16.5 Å². The molecule has 0 radical (unpaired) electrons. The van der Waals surface area contributed by atoms with Gasteiger partial charge in [-0.25, -0.2) is 9.59 Å². The summed E-state index contributed by atoms with van der Waals surface area (Å²) in [6, 6.07) is 0. The van der Waals surface area contributed by atoms with Gasteiger partial charge in [-0.15, -0.1) is 0 Å². The maximum Gasteiger partial charge on any atom is 0.342 e. The van der Waals surface area contributed by atoms with Gasteiger partial charge < -0.3 is 14.5 Å². The smallest absolute Gasteiger partial charge is 0.342 e. The monoisotopic (exact) mass is 333 g/mol. The van der Waals surface area contributed by atoms with E-state index in [0.29, 0.717) is 16.8 Å². The highest BCUT2D eigenvalue weighted by Crippen LogP contribution is 2.21. The zero-order valence-corrected chi connectivity index (χ0v) is 14.2. The number of hydrogen-bond acceptors (Lipinski definition) is 6. The van der Waals surface area contributed by atoms with Crippen molar-refractivity contribution in [2.24, 2.45) is 7.05 Å². The second-order valence-electron chi connectivity index (χ2n) is 5.43. The fourth-order valence-electron chi connectivity index (χ4n) is 2.42. The number of nitrogens with zero attached hydrogens (tertiary/aromatic N) is 2. The zero-order valence-electron chi connectivity index (χ0n) is 14.2. The van der Waals surface area contributed by atoms with Gasteiger partial charge in [-0.05, 0) is 26.3 Å². The molecule has 0 aliphatic rings. The normalized spacial score (nSPS) is 11.9. The van der Waals surface area contributed by atoms with Crippen LogP contribution in [0, 0.1) is 13.8 Å². The van der Waals surface area contributed by atoms with Crippen molar-refractivity contribution in [3.05, 3.63) is 40.5 Å². The van der Waals surface area contributed by atoms with Crippen LogP contribution in [0.1, 0.15) is 49.4 Å². The topological polar surface area (TPSA) is 103 Å². The molecule has 128 valence electrons. The van der Waals surface area contributed by atoms with E-state index in [1.807, 2.05) is 0 Å². The van der Waals surface area contributed by atoms with Gasteiger partial charge in [-0.2, -0.15) is 5.10 Å². The number of methoxy groups -OCH3 is 1. The molecule has 2 heterocycles. The quantitative estimate of drug-likeness (QED) is 0.658. The van der Waals surface area contributed by atoms with E-state index in [-0.39, 0.29) is 11.3 Å². The summed E-state index contributed by atoms with van der Waals surface area (Å²) < 4.78 is 11.4. The highest BCUT2D eigenvalue weighted by atomic mass is 16.5. The van der Waals surface area contributed by atoms with Crippen LogP contribution in [0.25, 0.3) is 0 Å². The number of Topliss-reactive ketones (excluding diaryl/α,β-unsaturated/α-hetero) is 1. The zero-order chi connectivity index (χ0) is 18.0. The summed E-state index contributed by atoms with van der Waals surface area (Å²) >= 11 is 0. The Balaban J connectivity index is 2.19. The van der Waals surface area contributed by atoms with E-state index < -0.39 is 23.8 Å². The Morgan fingerprint density at radius 2 is 1.92 bits per heavy atom. The fraction of sp³-hybridized carbons (Fsp3) is 0.375. The Kier molecular flexibility index (Phi) is 4.87. The molecule has 0 unspecified atom stereocenters. The van der Waals surface area contributed by atoms with Crippen LogP contribution in [0.4, 0.5) is 0 Å². The molecule has 2 aromatic rings. The van der Waals surface area contributed by atoms with Crippen LogP contribution in [0.2, 0.25) is 0 Å². The lowest BCUT2D eigenvalue weighted by molar-refractivity contribution is 0.0316. The van der Waals surface area contributed by atoms with Crippen molar-refractivity contribution < 1.29 is 23.9 Å². The van der Waals surface area contributed by atoms with Gasteiger partial charge >= 0.3 is 11.9 Å². The lowest BCUT2D eigenvalue weighted by atomic mass is 10.1. The number of H-pyrrole nitrogens is 1. The average molecular weight is 333 g/mol. The van der Waals surface area contributed by atoms with E-state index in [0.717, 1.165) is 0 Å². The van der Waals surface area contributed by atoms with Crippen molar-refractivity contribution in [1.29, 1.82) is 0 Å². The molecule has 0 spiro atoms. The number of rotatable bonds is 5. The van der Waals surface area contributed by atoms with Crippen molar-refractivity contribution in [2.45, 2.75) is 26.9 Å². The molecule has 0 saturated heterocycles. The van der Waals surface area contributed by atoms with E-state index in [4.69, 9.17) is 9.47 Å². The number of esters is 2. The maximum atomic E-state index is 12.5. The van der Waals surface area contributed by atoms with Crippen molar-refractivity contribution >= 4 is 17.7 Å². The molecule has 0 amide bonds. The molecule has 0 bridgehead atoms. The molecular weight excluding hydrogens is 314 g/mol. The van der Waals surface area contributed by atoms with Crippen molar-refractivity contribution in [3.8, 4) is 0 Å². The van der Waals surface area contributed by atoms with Crippen LogP contribution in [0.3, 0.4) is 0 Å². The highest BCUT2D eigenvalue weighted by molar-refractivity contribution is 6.04. The lowest BCUT2D eigenvalue weighted by Crippen LogP contribution is -2.25. The Morgan fingerprint density at radius 1 is 1.25 bits per heavy atom. The minimum atomic E-state index is -1.01. The molecule has 0 aromatic carbocycles. The molecule has 2 rings (SSSR count). The van der Waals surface area contributed by atoms with Crippen LogP contribution >= 0.6 is 0 Å². The third-order valence-electron chi connectivity index (χ3n) is 3.67. The summed E-state index contributed by atoms with van der Waals surface area (Å²) in [4.78, 5) is 39.2. The number of nitrogens with one attached hydrogen (secondary N) is 1. The highest BCUT2D eigenvalue weighted by Gasteiger charge is 2.27. The van der Waals surface area contributed by atoms with E-state index >= 15 is 0 Å². The van der Waals surface area contributed by atoms with Crippen molar-refractivity contribution in [1.82, 2.24) is 14.8 Å². The second kappa shape index (κ2) is 6.69. The lowest BCUT2D eigenvalue weighted by Gasteiger charge is -2.11. The number of carbonyl (C=O) groups excluding carboxylic acids is 3. The van der Waals surface area contributed by atoms with E-state index in [1.165, 1.54) is 31.1 Å². The number of aromatic amines is 1. The molecule has 8 nitrogen and oxygen atoms in total. The minimum Gasteiger partial charge on any atom is -0.465 e. The molecule has 1 atom stereocenters. The molecule has 2 aromatic heterocycles. The van der Waals surface area contributed by atoms with Gasteiger partial charge in [0.15, 0.2) is 6.10 Å². The average Bonchev–Trinajstić information content (AvgIpc) is 3.09. The summed E-state index contributed by atoms with van der Waals surface area (Å²) in [6.45, 7) is 4.78. The molecule has 8 heteroatoms. The summed E-state index contributed by atoms with van der Waals surface area (Å²) in [6.07, 6.45) is 1.85. The van der Waals surface area contributed by atoms with Crippen LogP contribution < -0.4 is 0 Å². The second-order valence-corrected chi connectivity index (χ2v) is 5.43. The summed E-state index contributed by atoms with van der Waals surface area (Å²) in [5, 5.41) is 3.88. The van der Waals surface area contributed by atoms with Gasteiger partial charge in [-0.3, -0.25) is 9.48 Å². The molecule has 1 N–H and O–H groups in total. The molecule has 0 fully saturated rings. The fourth-order valence-corrected chi connectivity index (χ4v) is 2.42. The van der Waals surface area contributed by atoms with Gasteiger partial charge in [0, 0.05) is 18.9 Å². The Hall–Kier alpha value is -2.90. The first kappa shape index (κ1) is 17.5. The largest absolute Gasteiger partial charge is 0.465 e. The Bertz CT molecular complexity index is 803. The first-order chi connectivity index (χ1) is 11.3. The van der Waals surface area contributed by atoms with Crippen LogP contribution in [0.15, 0.2) is 12.4 Å². The van der Waals surface area contributed by atoms with Gasteiger partial charge in [-0.1, -0.05) is 0 Å². The third kappa shape index (κ3) is 3.22. The molecular formula is C16H19N3O5. The van der Waals surface area contributed by atoms with Crippen molar-refractivity contribution in [2.75, 3.05) is 7.11 Å².